The van der Waals surface area contributed by atoms with Crippen molar-refractivity contribution in [1.82, 2.24) is 24.8 Å². The molecule has 3 saturated heterocycles. The van der Waals surface area contributed by atoms with Crippen molar-refractivity contribution < 1.29 is 9.90 Å². The fourth-order valence-corrected chi connectivity index (χ4v) is 5.21. The number of aliphatic hydroxyl groups is 1. The van der Waals surface area contributed by atoms with E-state index in [4.69, 9.17) is 0 Å². The summed E-state index contributed by atoms with van der Waals surface area (Å²) in [5.74, 6) is 0.793. The number of nitrogens with zero attached hydrogens (tertiary/aromatic N) is 5. The minimum Gasteiger partial charge on any atom is -0.383 e. The largest absolute Gasteiger partial charge is 0.383 e. The van der Waals surface area contributed by atoms with Gasteiger partial charge >= 0.3 is 0 Å². The third-order valence-electron chi connectivity index (χ3n) is 6.82. The van der Waals surface area contributed by atoms with E-state index in [2.05, 4.69) is 21.8 Å². The molecular formula is C20H31N5O2. The molecule has 4 aliphatic rings. The Labute approximate surface area is 161 Å². The predicted molar refractivity (Wildman–Crippen MR) is 102 cm³/mol. The van der Waals surface area contributed by atoms with Crippen LogP contribution in [0, 0.1) is 11.8 Å². The molecule has 1 aromatic rings. The number of carbonyl (C=O) groups is 1. The summed E-state index contributed by atoms with van der Waals surface area (Å²) in [5.41, 5.74) is -0.0627. The molecule has 148 valence electrons. The number of hydrogen-bond donors (Lipinski definition) is 1. The van der Waals surface area contributed by atoms with Crippen LogP contribution >= 0.6 is 0 Å². The van der Waals surface area contributed by atoms with E-state index in [-0.39, 0.29) is 11.8 Å². The van der Waals surface area contributed by atoms with Crippen molar-refractivity contribution >= 4 is 5.91 Å². The maximum Gasteiger partial charge on any atom is 0.227 e. The molecule has 27 heavy (non-hydrogen) atoms. The molecule has 3 aliphatic heterocycles. The highest BCUT2D eigenvalue weighted by Gasteiger charge is 2.44. The first kappa shape index (κ1) is 18.6. The molecule has 4 unspecified atom stereocenters. The van der Waals surface area contributed by atoms with E-state index >= 15 is 0 Å². The van der Waals surface area contributed by atoms with Gasteiger partial charge in [-0.05, 0) is 38.1 Å². The number of fused-ring (bicyclic) bond motifs is 3. The van der Waals surface area contributed by atoms with E-state index < -0.39 is 5.60 Å². The fraction of sp³-hybridized carbons (Fsp3) is 0.750. The van der Waals surface area contributed by atoms with Gasteiger partial charge in [0.2, 0.25) is 5.91 Å². The molecule has 2 bridgehead atoms. The Bertz CT molecular complexity index is 696. The van der Waals surface area contributed by atoms with Gasteiger partial charge in [0, 0.05) is 26.2 Å². The zero-order valence-electron chi connectivity index (χ0n) is 16.3. The Morgan fingerprint density at radius 2 is 2.26 bits per heavy atom. The Kier molecular flexibility index (Phi) is 5.07. The summed E-state index contributed by atoms with van der Waals surface area (Å²) >= 11 is 0. The highest BCUT2D eigenvalue weighted by atomic mass is 16.3. The van der Waals surface area contributed by atoms with Crippen LogP contribution in [-0.2, 0) is 16.9 Å². The lowest BCUT2D eigenvalue weighted by Gasteiger charge is -2.49. The van der Waals surface area contributed by atoms with Gasteiger partial charge in [0.25, 0.3) is 0 Å². The third-order valence-corrected chi connectivity index (χ3v) is 6.82. The Hall–Kier alpha value is -1.73. The lowest BCUT2D eigenvalue weighted by atomic mass is 9.75. The molecular weight excluding hydrogens is 342 g/mol. The van der Waals surface area contributed by atoms with Gasteiger partial charge in [-0.25, -0.2) is 0 Å². The van der Waals surface area contributed by atoms with Crippen LogP contribution in [0.4, 0.5) is 0 Å². The third kappa shape index (κ3) is 3.55. The molecule has 1 N–H and O–H groups in total. The van der Waals surface area contributed by atoms with Crippen LogP contribution in [0.25, 0.3) is 0 Å². The smallest absolute Gasteiger partial charge is 0.227 e. The molecule has 7 heteroatoms. The average Bonchev–Trinajstić information content (AvgIpc) is 3.32. The predicted octanol–water partition coefficient (Wildman–Crippen LogP) is 1.39. The van der Waals surface area contributed by atoms with E-state index in [1.165, 1.54) is 0 Å². The van der Waals surface area contributed by atoms with Crippen molar-refractivity contribution in [2.24, 2.45) is 11.8 Å². The van der Waals surface area contributed by atoms with Crippen molar-refractivity contribution in [2.45, 2.75) is 56.7 Å². The Morgan fingerprint density at radius 3 is 2.93 bits per heavy atom. The molecule has 4 atom stereocenters. The summed E-state index contributed by atoms with van der Waals surface area (Å²) in [6.45, 7) is 7.01. The Balaban J connectivity index is 1.39. The molecule has 0 aromatic carbocycles. The van der Waals surface area contributed by atoms with Gasteiger partial charge in [0.05, 0.1) is 18.7 Å². The van der Waals surface area contributed by atoms with Crippen LogP contribution in [0.5, 0.6) is 0 Å². The van der Waals surface area contributed by atoms with E-state index in [0.29, 0.717) is 18.5 Å². The number of amides is 1. The molecule has 1 aromatic heterocycles. The van der Waals surface area contributed by atoms with Crippen molar-refractivity contribution in [3.63, 3.8) is 0 Å². The minimum absolute atomic E-state index is 0.102. The molecule has 7 nitrogen and oxygen atoms in total. The van der Waals surface area contributed by atoms with Gasteiger partial charge in [0.15, 0.2) is 0 Å². The Morgan fingerprint density at radius 1 is 1.48 bits per heavy atom. The number of carbonyl (C=O) groups excluding carboxylic acids is 1. The monoisotopic (exact) mass is 373 g/mol. The van der Waals surface area contributed by atoms with Crippen LogP contribution in [-0.4, -0.2) is 68.5 Å². The van der Waals surface area contributed by atoms with Gasteiger partial charge in [-0.15, -0.1) is 11.7 Å². The number of piperidine rings is 3. The van der Waals surface area contributed by atoms with Gasteiger partial charge in [0.1, 0.15) is 11.3 Å². The maximum atomic E-state index is 12.7. The normalized spacial score (nSPS) is 31.8. The summed E-state index contributed by atoms with van der Waals surface area (Å²) < 4.78 is 1.89. The second kappa shape index (κ2) is 7.36. The van der Waals surface area contributed by atoms with Crippen LogP contribution in [0.2, 0.25) is 0 Å². The quantitative estimate of drug-likeness (QED) is 0.763. The molecule has 1 saturated carbocycles. The first-order valence-corrected chi connectivity index (χ1v) is 10.2. The van der Waals surface area contributed by atoms with Crippen LogP contribution in [0.3, 0.4) is 0 Å². The van der Waals surface area contributed by atoms with E-state index in [1.54, 1.807) is 11.0 Å². The number of hydrogen-bond acceptors (Lipinski definition) is 5. The van der Waals surface area contributed by atoms with Crippen molar-refractivity contribution in [3.05, 3.63) is 24.5 Å². The van der Waals surface area contributed by atoms with E-state index in [0.717, 1.165) is 63.9 Å². The SMILES string of the molecule is C=CCN(C)C(=O)C1CN2CCC1CC2Cn1cc(C2(O)CCCC2)nn1. The molecule has 4 heterocycles. The highest BCUT2D eigenvalue weighted by molar-refractivity contribution is 5.79. The molecule has 4 fully saturated rings. The fourth-order valence-electron chi connectivity index (χ4n) is 5.21. The standard InChI is InChI=1S/C20H31N5O2/c1-3-9-23(2)19(26)17-13-24-10-6-15(17)11-16(24)12-25-14-18(21-22-25)20(27)7-4-5-8-20/h3,14-17,27H,1,4-13H2,2H3. The second-order valence-electron chi connectivity index (χ2n) is 8.61. The van der Waals surface area contributed by atoms with Gasteiger partial charge in [-0.3, -0.25) is 14.4 Å². The first-order valence-electron chi connectivity index (χ1n) is 10.2. The van der Waals surface area contributed by atoms with Crippen LogP contribution in [0.1, 0.15) is 44.2 Å². The van der Waals surface area contributed by atoms with Gasteiger partial charge in [-0.1, -0.05) is 24.1 Å². The number of rotatable bonds is 6. The van der Waals surface area contributed by atoms with E-state index in [1.807, 2.05) is 17.9 Å². The molecule has 0 radical (unpaired) electrons. The summed E-state index contributed by atoms with van der Waals surface area (Å²) in [7, 11) is 1.86. The molecule has 1 aliphatic carbocycles. The summed E-state index contributed by atoms with van der Waals surface area (Å²) in [6, 6.07) is 0.394. The zero-order valence-corrected chi connectivity index (χ0v) is 16.3. The van der Waals surface area contributed by atoms with Gasteiger partial charge in [-0.2, -0.15) is 0 Å². The topological polar surface area (TPSA) is 74.5 Å². The van der Waals surface area contributed by atoms with Crippen LogP contribution in [0.15, 0.2) is 18.9 Å². The lowest BCUT2D eigenvalue weighted by Crippen LogP contribution is -2.58. The number of aromatic nitrogens is 3. The highest BCUT2D eigenvalue weighted by Crippen LogP contribution is 2.39. The summed E-state index contributed by atoms with van der Waals surface area (Å²) in [5, 5.41) is 19.2. The molecule has 0 spiro atoms. The average molecular weight is 374 g/mol. The molecule has 5 rings (SSSR count). The second-order valence-corrected chi connectivity index (χ2v) is 8.61. The van der Waals surface area contributed by atoms with Crippen molar-refractivity contribution in [2.75, 3.05) is 26.7 Å². The van der Waals surface area contributed by atoms with Crippen LogP contribution < -0.4 is 0 Å². The minimum atomic E-state index is -0.780. The maximum absolute atomic E-state index is 12.7. The lowest BCUT2D eigenvalue weighted by molar-refractivity contribution is -0.142. The van der Waals surface area contributed by atoms with E-state index in [9.17, 15) is 9.90 Å². The summed E-state index contributed by atoms with van der Waals surface area (Å²) in [4.78, 5) is 17.0. The summed E-state index contributed by atoms with van der Waals surface area (Å²) in [6.07, 6.45) is 9.50. The van der Waals surface area contributed by atoms with Crippen molar-refractivity contribution in [3.8, 4) is 0 Å². The zero-order chi connectivity index (χ0) is 19.0. The molecule has 1 amide bonds. The van der Waals surface area contributed by atoms with Crippen molar-refractivity contribution in [1.29, 1.82) is 0 Å². The number of likely N-dealkylation sites (N-methyl/N-ethyl adjacent to an activating group) is 1. The first-order chi connectivity index (χ1) is 13.0. The van der Waals surface area contributed by atoms with Gasteiger partial charge < -0.3 is 10.0 Å².